The predicted octanol–water partition coefficient (Wildman–Crippen LogP) is 3.65. The Morgan fingerprint density at radius 1 is 1.09 bits per heavy atom. The van der Waals surface area contributed by atoms with E-state index in [9.17, 15) is 18.0 Å². The highest BCUT2D eigenvalue weighted by Gasteiger charge is 2.12. The van der Waals surface area contributed by atoms with Crippen molar-refractivity contribution < 1.29 is 18.0 Å². The van der Waals surface area contributed by atoms with E-state index >= 15 is 0 Å². The quantitative estimate of drug-likeness (QED) is 0.695. The minimum Gasteiger partial charge on any atom is -0.321 e. The highest BCUT2D eigenvalue weighted by molar-refractivity contribution is 6.09. The second-order valence-electron chi connectivity index (χ2n) is 4.27. The van der Waals surface area contributed by atoms with Crippen molar-refractivity contribution in [2.75, 3.05) is 5.32 Å². The molecule has 0 saturated carbocycles. The van der Waals surface area contributed by atoms with Crippen LogP contribution in [0.25, 0.3) is 6.08 Å². The van der Waals surface area contributed by atoms with Gasteiger partial charge in [-0.2, -0.15) is 5.26 Å². The Bertz CT molecular complexity index is 777. The molecule has 110 valence electrons. The fourth-order valence-electron chi connectivity index (χ4n) is 1.67. The SMILES string of the molecule is N#C/C(=C/c1cccc(F)c1F)C(=O)Nc1ccc(F)cc1. The van der Waals surface area contributed by atoms with E-state index in [1.165, 1.54) is 24.3 Å². The Hall–Kier alpha value is -3.07. The first-order valence-electron chi connectivity index (χ1n) is 6.14. The van der Waals surface area contributed by atoms with Crippen molar-refractivity contribution in [3.05, 3.63) is 71.1 Å². The molecule has 2 aromatic rings. The number of nitrogens with one attached hydrogen (secondary N) is 1. The zero-order chi connectivity index (χ0) is 16.1. The van der Waals surface area contributed by atoms with Crippen LogP contribution in [0.2, 0.25) is 0 Å². The minimum atomic E-state index is -1.15. The largest absolute Gasteiger partial charge is 0.321 e. The Morgan fingerprint density at radius 2 is 1.77 bits per heavy atom. The number of halogens is 3. The molecular formula is C16H9F3N2O. The van der Waals surface area contributed by atoms with E-state index in [0.717, 1.165) is 24.3 Å². The Balaban J connectivity index is 2.26. The van der Waals surface area contributed by atoms with Gasteiger partial charge < -0.3 is 5.32 Å². The number of amides is 1. The summed E-state index contributed by atoms with van der Waals surface area (Å²) in [6.07, 6.45) is 0.942. The van der Waals surface area contributed by atoms with E-state index in [2.05, 4.69) is 5.32 Å². The maximum absolute atomic E-state index is 13.5. The summed E-state index contributed by atoms with van der Waals surface area (Å²) in [7, 11) is 0. The molecule has 0 aliphatic heterocycles. The number of carbonyl (C=O) groups is 1. The summed E-state index contributed by atoms with van der Waals surface area (Å²) in [5.41, 5.74) is -0.355. The van der Waals surface area contributed by atoms with Crippen LogP contribution < -0.4 is 5.32 Å². The third-order valence-corrected chi connectivity index (χ3v) is 2.75. The number of carbonyl (C=O) groups excluding carboxylic acids is 1. The highest BCUT2D eigenvalue weighted by Crippen LogP contribution is 2.16. The maximum atomic E-state index is 13.5. The molecule has 0 saturated heterocycles. The molecule has 1 N–H and O–H groups in total. The summed E-state index contributed by atoms with van der Waals surface area (Å²) < 4.78 is 39.4. The Morgan fingerprint density at radius 3 is 2.41 bits per heavy atom. The Labute approximate surface area is 124 Å². The van der Waals surface area contributed by atoms with Gasteiger partial charge in [0.25, 0.3) is 5.91 Å². The van der Waals surface area contributed by atoms with Crippen molar-refractivity contribution in [3.8, 4) is 6.07 Å². The number of benzene rings is 2. The van der Waals surface area contributed by atoms with Gasteiger partial charge in [-0.25, -0.2) is 13.2 Å². The van der Waals surface area contributed by atoms with Gasteiger partial charge in [0.15, 0.2) is 11.6 Å². The average Bonchev–Trinajstić information content (AvgIpc) is 2.51. The molecule has 0 aromatic heterocycles. The van der Waals surface area contributed by atoms with Crippen LogP contribution in [-0.2, 0) is 4.79 Å². The molecule has 0 unspecified atom stereocenters. The monoisotopic (exact) mass is 302 g/mol. The lowest BCUT2D eigenvalue weighted by atomic mass is 10.1. The third-order valence-electron chi connectivity index (χ3n) is 2.75. The van der Waals surface area contributed by atoms with E-state index in [4.69, 9.17) is 5.26 Å². The van der Waals surface area contributed by atoms with Gasteiger partial charge in [0.05, 0.1) is 0 Å². The molecule has 6 heteroatoms. The summed E-state index contributed by atoms with van der Waals surface area (Å²) in [6.45, 7) is 0. The standard InChI is InChI=1S/C16H9F3N2O/c17-12-4-6-13(7-5-12)21-16(22)11(9-20)8-10-2-1-3-14(18)15(10)19/h1-8H,(H,21,22)/b11-8-. The van der Waals surface area contributed by atoms with E-state index in [-0.39, 0.29) is 11.3 Å². The van der Waals surface area contributed by atoms with E-state index in [1.54, 1.807) is 6.07 Å². The highest BCUT2D eigenvalue weighted by atomic mass is 19.2. The van der Waals surface area contributed by atoms with Gasteiger partial charge in [-0.3, -0.25) is 4.79 Å². The molecule has 0 bridgehead atoms. The van der Waals surface area contributed by atoms with Crippen molar-refractivity contribution in [1.29, 1.82) is 5.26 Å². The average molecular weight is 302 g/mol. The van der Waals surface area contributed by atoms with Crippen LogP contribution in [0.3, 0.4) is 0 Å². The number of hydrogen-bond donors (Lipinski definition) is 1. The van der Waals surface area contributed by atoms with Gasteiger partial charge in [-0.15, -0.1) is 0 Å². The van der Waals surface area contributed by atoms with Crippen molar-refractivity contribution in [2.45, 2.75) is 0 Å². The van der Waals surface area contributed by atoms with Crippen molar-refractivity contribution in [2.24, 2.45) is 0 Å². The van der Waals surface area contributed by atoms with Gasteiger partial charge in [-0.05, 0) is 36.4 Å². The predicted molar refractivity (Wildman–Crippen MR) is 75.0 cm³/mol. The molecule has 1 amide bonds. The Kier molecular flexibility index (Phi) is 4.59. The van der Waals surface area contributed by atoms with Gasteiger partial charge >= 0.3 is 0 Å². The number of hydrogen-bond acceptors (Lipinski definition) is 2. The second-order valence-corrected chi connectivity index (χ2v) is 4.27. The van der Waals surface area contributed by atoms with E-state index in [1.807, 2.05) is 0 Å². The van der Waals surface area contributed by atoms with Gasteiger partial charge in [0.2, 0.25) is 0 Å². The summed E-state index contributed by atoms with van der Waals surface area (Å²) >= 11 is 0. The number of nitrogens with zero attached hydrogens (tertiary/aromatic N) is 1. The fourth-order valence-corrected chi connectivity index (χ4v) is 1.67. The summed E-state index contributed by atoms with van der Waals surface area (Å²) in [5, 5.41) is 11.3. The van der Waals surface area contributed by atoms with Gasteiger partial charge in [-0.1, -0.05) is 12.1 Å². The van der Waals surface area contributed by atoms with E-state index < -0.39 is 28.9 Å². The van der Waals surface area contributed by atoms with Crippen LogP contribution in [0, 0.1) is 28.8 Å². The van der Waals surface area contributed by atoms with Gasteiger partial charge in [0, 0.05) is 11.3 Å². The molecule has 2 rings (SSSR count). The maximum Gasteiger partial charge on any atom is 0.266 e. The lowest BCUT2D eigenvalue weighted by molar-refractivity contribution is -0.112. The third kappa shape index (κ3) is 3.52. The lowest BCUT2D eigenvalue weighted by Gasteiger charge is -2.04. The van der Waals surface area contributed by atoms with Crippen LogP contribution in [0.15, 0.2) is 48.0 Å². The molecule has 0 heterocycles. The second kappa shape index (κ2) is 6.59. The number of anilines is 1. The molecule has 0 radical (unpaired) electrons. The number of nitriles is 1. The van der Waals surface area contributed by atoms with Crippen molar-refractivity contribution in [1.82, 2.24) is 0 Å². The molecule has 0 atom stereocenters. The first-order valence-corrected chi connectivity index (χ1v) is 6.14. The first kappa shape index (κ1) is 15.3. The lowest BCUT2D eigenvalue weighted by Crippen LogP contribution is -2.13. The normalized spacial score (nSPS) is 10.9. The smallest absolute Gasteiger partial charge is 0.266 e. The van der Waals surface area contributed by atoms with Crippen LogP contribution >= 0.6 is 0 Å². The van der Waals surface area contributed by atoms with Crippen LogP contribution in [0.1, 0.15) is 5.56 Å². The van der Waals surface area contributed by atoms with Gasteiger partial charge in [0.1, 0.15) is 17.5 Å². The molecule has 0 fully saturated rings. The summed E-state index contributed by atoms with van der Waals surface area (Å²) in [4.78, 5) is 11.9. The molecule has 0 aliphatic carbocycles. The molecule has 0 spiro atoms. The zero-order valence-electron chi connectivity index (χ0n) is 11.1. The van der Waals surface area contributed by atoms with Crippen molar-refractivity contribution in [3.63, 3.8) is 0 Å². The molecule has 22 heavy (non-hydrogen) atoms. The summed E-state index contributed by atoms with van der Waals surface area (Å²) in [5.74, 6) is -3.51. The zero-order valence-corrected chi connectivity index (χ0v) is 11.1. The topological polar surface area (TPSA) is 52.9 Å². The summed E-state index contributed by atoms with van der Waals surface area (Å²) in [6, 6.07) is 9.93. The fraction of sp³-hybridized carbons (Fsp3) is 0. The molecule has 3 nitrogen and oxygen atoms in total. The minimum absolute atomic E-state index is 0.217. The van der Waals surface area contributed by atoms with Crippen LogP contribution in [0.4, 0.5) is 18.9 Å². The van der Waals surface area contributed by atoms with Crippen molar-refractivity contribution >= 4 is 17.7 Å². The molecular weight excluding hydrogens is 293 g/mol. The number of rotatable bonds is 3. The molecule has 0 aliphatic rings. The molecule has 2 aromatic carbocycles. The first-order chi connectivity index (χ1) is 10.5. The van der Waals surface area contributed by atoms with E-state index in [0.29, 0.717) is 0 Å². The van der Waals surface area contributed by atoms with Crippen LogP contribution in [0.5, 0.6) is 0 Å². The van der Waals surface area contributed by atoms with Crippen LogP contribution in [-0.4, -0.2) is 5.91 Å².